The molecule has 3 nitrogen and oxygen atoms in total. The average Bonchev–Trinajstić information content (AvgIpc) is 1.65. The molecular formula is C105H75F27O3. The van der Waals surface area contributed by atoms with E-state index in [1.807, 2.05) is 13.0 Å². The largest absolute Gasteiger partial charge is 0.573 e. The van der Waals surface area contributed by atoms with Gasteiger partial charge in [0.25, 0.3) is 0 Å². The Morgan fingerprint density at radius 1 is 0.244 bits per heavy atom. The number of hydrogen-bond donors (Lipinski definition) is 0. The highest BCUT2D eigenvalue weighted by molar-refractivity contribution is 5.90. The van der Waals surface area contributed by atoms with Crippen molar-refractivity contribution in [3.05, 3.63) is 389 Å². The molecule has 702 valence electrons. The summed E-state index contributed by atoms with van der Waals surface area (Å²) in [5.74, 6) is -32.0. The Hall–Kier alpha value is -13.2. The van der Waals surface area contributed by atoms with E-state index >= 15 is 0 Å². The van der Waals surface area contributed by atoms with E-state index in [0.717, 1.165) is 23.1 Å². The molecule has 2 heterocycles. The summed E-state index contributed by atoms with van der Waals surface area (Å²) in [6.45, 7) is 20.7. The molecule has 0 amide bonds. The number of rotatable bonds is 1. The molecule has 2 aliphatic heterocycles. The van der Waals surface area contributed by atoms with Crippen LogP contribution in [-0.2, 0) is 49.9 Å². The maximum atomic E-state index is 14.3. The van der Waals surface area contributed by atoms with Gasteiger partial charge in [-0.15, -0.1) is 13.2 Å². The van der Waals surface area contributed by atoms with E-state index in [2.05, 4.69) is 4.74 Å². The Morgan fingerprint density at radius 3 is 0.852 bits per heavy atom. The van der Waals surface area contributed by atoms with Gasteiger partial charge >= 0.3 is 24.1 Å². The molecule has 0 spiro atoms. The number of aryl methyl sites for hydroxylation is 16. The Morgan fingerprint density at radius 2 is 0.511 bits per heavy atom. The van der Waals surface area contributed by atoms with Gasteiger partial charge in [-0.3, -0.25) is 0 Å². The quantitative estimate of drug-likeness (QED) is 0.153. The molecule has 135 heavy (non-hydrogen) atoms. The van der Waals surface area contributed by atoms with Crippen molar-refractivity contribution < 1.29 is 133 Å². The molecule has 0 unspecified atom stereocenters. The van der Waals surface area contributed by atoms with Gasteiger partial charge in [0.1, 0.15) is 29.0 Å². The Labute approximate surface area is 755 Å². The third-order valence-electron chi connectivity index (χ3n) is 24.3. The number of hydrogen-bond acceptors (Lipinski definition) is 3. The molecule has 0 fully saturated rings. The zero-order valence-electron chi connectivity index (χ0n) is 73.7. The topological polar surface area (TPSA) is 27.7 Å². The molecule has 30 heteroatoms. The van der Waals surface area contributed by atoms with Gasteiger partial charge < -0.3 is 14.2 Å². The first-order valence-electron chi connectivity index (χ1n) is 41.5. The summed E-state index contributed by atoms with van der Waals surface area (Å²) < 4.78 is 387. The summed E-state index contributed by atoms with van der Waals surface area (Å²) >= 11 is 0. The van der Waals surface area contributed by atoms with Crippen LogP contribution in [0.4, 0.5) is 119 Å². The smallest absolute Gasteiger partial charge is 0.450 e. The lowest BCUT2D eigenvalue weighted by atomic mass is 9.78. The number of halogens is 27. The summed E-state index contributed by atoms with van der Waals surface area (Å²) in [7, 11) is 0. The van der Waals surface area contributed by atoms with E-state index in [4.69, 9.17) is 9.47 Å². The van der Waals surface area contributed by atoms with Gasteiger partial charge in [-0.1, -0.05) is 133 Å². The molecule has 0 N–H and O–H groups in total. The molecule has 0 radical (unpaired) electrons. The third kappa shape index (κ3) is 17.3. The summed E-state index contributed by atoms with van der Waals surface area (Å²) in [5, 5.41) is 1.22. The number of fused-ring (bicyclic) bond motifs is 17. The summed E-state index contributed by atoms with van der Waals surface area (Å²) in [6, 6.07) is 34.8. The van der Waals surface area contributed by atoms with E-state index in [1.54, 1.807) is 69.3 Å². The maximum absolute atomic E-state index is 14.3. The van der Waals surface area contributed by atoms with Gasteiger partial charge in [0, 0.05) is 62.7 Å². The summed E-state index contributed by atoms with van der Waals surface area (Å²) in [6.07, 6.45) is -2.72. The fourth-order valence-electron chi connectivity index (χ4n) is 17.2. The zero-order chi connectivity index (χ0) is 99.0. The Kier molecular flexibility index (Phi) is 26.3. The number of ether oxygens (including phenoxy) is 3. The number of benzene rings is 14. The fraction of sp³-hybridized carbons (Fsp3) is 0.219. The van der Waals surface area contributed by atoms with Crippen molar-refractivity contribution in [1.29, 1.82) is 0 Å². The molecule has 0 bridgehead atoms. The van der Waals surface area contributed by atoms with E-state index in [1.165, 1.54) is 142 Å². The predicted molar refractivity (Wildman–Crippen MR) is 456 cm³/mol. The second-order valence-corrected chi connectivity index (χ2v) is 33.8. The highest BCUT2D eigenvalue weighted by Crippen LogP contribution is 2.61. The van der Waals surface area contributed by atoms with Gasteiger partial charge in [-0.2, -0.15) is 35.1 Å². The highest BCUT2D eigenvalue weighted by atomic mass is 19.4. The molecule has 0 saturated carbocycles. The van der Waals surface area contributed by atoms with E-state index < -0.39 is 162 Å². The standard InChI is InChI=1S/C16H10F6.C16H12F4.2C15H10F4.2C15H11F3O.C13H11F3O/c1-7-3-5-9-10-6-4-8(2)14(18)12(10)16(21,22)15(19,20)11(9)13(7)17;1-7-5-9-3-4-10-6-8(2)14(18)16(20)12(10)11(9)15(19)13(7)17;1-6-3-8-5-9-4-7(2)13(17)15(19)11(9)10(8)14(18)12(6)16;1-7-3-5-9-10-6-4-8(2)14(17)12(10)15(18,19)11(9)13(7)16;2*1-7-3-4-9-6-10-5-8(2)11(16)13(18)15(10)19-14(9)12(7)17;1-8-3-6-11-10(7-8)5-4-9(2)12(11)17-13(14,15)16/h3-6H,1-2H3;5-6H,3-4H2,1-2H3;3-4H,5H2,1-2H3;3-6H,1-2H3;2*3-5H,6H2,1-2H3;3-7H,1-2H3. The molecular weight excluding hydrogens is 1820 g/mol. The van der Waals surface area contributed by atoms with Gasteiger partial charge in [0.05, 0.1) is 22.3 Å². The Bertz CT molecular complexity index is 6920. The molecule has 0 aromatic heterocycles. The van der Waals surface area contributed by atoms with E-state index in [-0.39, 0.29) is 118 Å². The van der Waals surface area contributed by atoms with Crippen molar-refractivity contribution in [2.75, 3.05) is 0 Å². The SMILES string of the molecule is Cc1cc2c(c(F)c1F)-c1c(cc(C)c(F)c1F)C2.Cc1cc2c(c(F)c1F)-c1c(cc(C)c(F)c1F)CC2.Cc1cc2c(c(F)c1F)Oc1c(ccc(C)c1F)C2.Cc1cc2c(c(F)c1F)Oc1c(ccc(C)c1F)C2.Cc1ccc2c(OC(F)(F)F)c(C)ccc2c1.Cc1ccc2c(c1F)C(F)(F)C(F)(F)c1c-2ccc(C)c1F.Cc1ccc2c(c1F)C(F)(F)c1c-2ccc(C)c1F. The average molecular weight is 1900 g/mol. The first-order valence-corrected chi connectivity index (χ1v) is 41.5. The summed E-state index contributed by atoms with van der Waals surface area (Å²) in [4.78, 5) is 0. The highest BCUT2D eigenvalue weighted by Gasteiger charge is 2.65. The first kappa shape index (κ1) is 97.9. The second kappa shape index (κ2) is 36.2. The lowest BCUT2D eigenvalue weighted by Crippen LogP contribution is -2.41. The second-order valence-electron chi connectivity index (χ2n) is 33.8. The minimum atomic E-state index is -4.83. The molecule has 0 saturated heterocycles. The molecule has 14 aromatic carbocycles. The molecule has 14 aromatic rings. The molecule has 6 aliphatic rings. The van der Waals surface area contributed by atoms with Crippen molar-refractivity contribution >= 4 is 10.8 Å². The van der Waals surface area contributed by atoms with Crippen LogP contribution in [-0.4, -0.2) is 6.36 Å². The van der Waals surface area contributed by atoms with Crippen LogP contribution in [0.1, 0.15) is 145 Å². The van der Waals surface area contributed by atoms with Crippen LogP contribution in [0.15, 0.2) is 140 Å². The fourth-order valence-corrected chi connectivity index (χ4v) is 17.2. The molecule has 0 atom stereocenters. The molecule has 20 rings (SSSR count). The van der Waals surface area contributed by atoms with Crippen molar-refractivity contribution in [3.8, 4) is 73.3 Å². The van der Waals surface area contributed by atoms with Gasteiger partial charge in [-0.05, 0) is 251 Å². The van der Waals surface area contributed by atoms with Crippen LogP contribution < -0.4 is 14.2 Å². The molecule has 4 aliphatic carbocycles. The van der Waals surface area contributed by atoms with Gasteiger partial charge in [-0.25, -0.2) is 70.2 Å². The van der Waals surface area contributed by atoms with Crippen LogP contribution in [0.25, 0.3) is 55.3 Å². The van der Waals surface area contributed by atoms with E-state index in [9.17, 15) is 119 Å². The third-order valence-corrected chi connectivity index (χ3v) is 24.3. The lowest BCUT2D eigenvalue weighted by molar-refractivity contribution is -0.274. The predicted octanol–water partition coefficient (Wildman–Crippen LogP) is 32.4. The van der Waals surface area contributed by atoms with Crippen LogP contribution in [0, 0.1) is 202 Å². The zero-order valence-corrected chi connectivity index (χ0v) is 73.7. The minimum Gasteiger partial charge on any atom is -0.450 e. The maximum Gasteiger partial charge on any atom is 0.573 e. The normalized spacial score (nSPS) is 13.8. The number of alkyl halides is 9. The van der Waals surface area contributed by atoms with Crippen molar-refractivity contribution in [2.24, 2.45) is 0 Å². The lowest BCUT2D eigenvalue weighted by Gasteiger charge is -2.35. The monoisotopic (exact) mass is 1900 g/mol. The Balaban J connectivity index is 0.000000126. The van der Waals surface area contributed by atoms with Crippen LogP contribution in [0.5, 0.6) is 28.7 Å². The van der Waals surface area contributed by atoms with Crippen molar-refractivity contribution in [3.63, 3.8) is 0 Å². The van der Waals surface area contributed by atoms with Crippen molar-refractivity contribution in [2.45, 2.75) is 153 Å². The van der Waals surface area contributed by atoms with Crippen molar-refractivity contribution in [1.82, 2.24) is 0 Å². The van der Waals surface area contributed by atoms with E-state index in [0.29, 0.717) is 98.7 Å². The van der Waals surface area contributed by atoms with Crippen LogP contribution >= 0.6 is 0 Å². The van der Waals surface area contributed by atoms with Crippen LogP contribution in [0.2, 0.25) is 0 Å². The minimum absolute atomic E-state index is 0.00495. The van der Waals surface area contributed by atoms with Gasteiger partial charge in [0.2, 0.25) is 11.6 Å². The van der Waals surface area contributed by atoms with Gasteiger partial charge in [0.15, 0.2) is 92.8 Å². The summed E-state index contributed by atoms with van der Waals surface area (Å²) in [5.41, 5.74) is 2.29. The first-order chi connectivity index (χ1) is 63.1. The van der Waals surface area contributed by atoms with Crippen LogP contribution in [0.3, 0.4) is 0 Å².